The first kappa shape index (κ1) is 58.9. The smallest absolute Gasteiger partial charge is 0.220 e. The van der Waals surface area contributed by atoms with Crippen molar-refractivity contribution in [2.75, 3.05) is 6.61 Å². The molecule has 2 unspecified atom stereocenters. The fraction of sp³-hybridized carbons (Fsp3) is 0.911. The predicted molar refractivity (Wildman–Crippen MR) is 267 cm³/mol. The fourth-order valence-electron chi connectivity index (χ4n) is 8.73. The Balaban J connectivity index is 3.45. The van der Waals surface area contributed by atoms with Crippen LogP contribution in [0, 0.1) is 0 Å². The topological polar surface area (TPSA) is 69.6 Å². The van der Waals surface area contributed by atoms with E-state index < -0.39 is 12.1 Å². The first-order valence-electron chi connectivity index (χ1n) is 27.6. The number of hydrogen-bond donors (Lipinski definition) is 3. The van der Waals surface area contributed by atoms with Crippen LogP contribution in [-0.2, 0) is 4.79 Å². The number of unbranched alkanes of at least 4 members (excludes halogenated alkanes) is 42. The molecule has 2 atom stereocenters. The number of rotatable bonds is 51. The van der Waals surface area contributed by atoms with Crippen molar-refractivity contribution in [3.8, 4) is 0 Å². The molecular formula is C56H109NO3. The van der Waals surface area contributed by atoms with E-state index in [1.165, 1.54) is 257 Å². The number of aliphatic hydroxyl groups excluding tert-OH is 2. The number of carbonyl (C=O) groups excluding carboxylic acids is 1. The molecule has 0 aliphatic heterocycles. The van der Waals surface area contributed by atoms with Gasteiger partial charge in [0.2, 0.25) is 5.91 Å². The summed E-state index contributed by atoms with van der Waals surface area (Å²) in [6.07, 6.45) is 69.2. The average molecular weight is 844 g/mol. The van der Waals surface area contributed by atoms with E-state index in [0.29, 0.717) is 6.42 Å². The molecule has 0 aliphatic rings. The lowest BCUT2D eigenvalue weighted by atomic mass is 10.0. The molecule has 0 bridgehead atoms. The first-order chi connectivity index (χ1) is 29.7. The van der Waals surface area contributed by atoms with Crippen LogP contribution in [0.3, 0.4) is 0 Å². The van der Waals surface area contributed by atoms with Crippen LogP contribution in [0.4, 0.5) is 0 Å². The van der Waals surface area contributed by atoms with Gasteiger partial charge in [0.15, 0.2) is 0 Å². The maximum Gasteiger partial charge on any atom is 0.220 e. The molecule has 4 nitrogen and oxygen atoms in total. The van der Waals surface area contributed by atoms with Gasteiger partial charge in [0.05, 0.1) is 18.8 Å². The second-order valence-corrected chi connectivity index (χ2v) is 19.0. The van der Waals surface area contributed by atoms with E-state index in [9.17, 15) is 15.0 Å². The summed E-state index contributed by atoms with van der Waals surface area (Å²) in [6.45, 7) is 4.33. The highest BCUT2D eigenvalue weighted by molar-refractivity contribution is 5.76. The summed E-state index contributed by atoms with van der Waals surface area (Å²) in [5, 5.41) is 23.1. The highest BCUT2D eigenvalue weighted by atomic mass is 16.3. The van der Waals surface area contributed by atoms with E-state index >= 15 is 0 Å². The average Bonchev–Trinajstić information content (AvgIpc) is 3.25. The highest BCUT2D eigenvalue weighted by Crippen LogP contribution is 2.17. The molecule has 0 rings (SSSR count). The van der Waals surface area contributed by atoms with Crippen molar-refractivity contribution in [1.29, 1.82) is 0 Å². The SMILES string of the molecule is CCCCCCCCCCCCCC/C=C/CC/C=C/C(O)C(CO)NC(=O)CCCCCCCCCCCCCCCCCCCCCCCCCCCCCCCC. The van der Waals surface area contributed by atoms with Crippen molar-refractivity contribution in [2.45, 2.75) is 321 Å². The lowest BCUT2D eigenvalue weighted by Crippen LogP contribution is -2.45. The van der Waals surface area contributed by atoms with Gasteiger partial charge in [-0.25, -0.2) is 0 Å². The Morgan fingerprint density at radius 3 is 0.967 bits per heavy atom. The van der Waals surface area contributed by atoms with Crippen molar-refractivity contribution >= 4 is 5.91 Å². The van der Waals surface area contributed by atoms with Crippen molar-refractivity contribution in [1.82, 2.24) is 5.32 Å². The molecule has 0 aromatic rings. The Morgan fingerprint density at radius 1 is 0.383 bits per heavy atom. The number of carbonyl (C=O) groups is 1. The highest BCUT2D eigenvalue weighted by Gasteiger charge is 2.18. The summed E-state index contributed by atoms with van der Waals surface area (Å²) in [6, 6.07) is -0.636. The molecule has 0 saturated carbocycles. The zero-order valence-electron chi connectivity index (χ0n) is 41.0. The zero-order chi connectivity index (χ0) is 43.5. The minimum absolute atomic E-state index is 0.0672. The standard InChI is InChI=1S/C56H109NO3/c1-3-5-7-9-11-13-15-17-19-21-23-24-25-26-27-28-29-30-31-32-33-34-36-38-40-42-44-46-48-50-52-56(60)57-54(53-58)55(59)51-49-47-45-43-41-39-37-35-22-20-18-16-14-12-10-8-6-4-2/h41,43,49,51,54-55,58-59H,3-40,42,44-48,50,52-53H2,1-2H3,(H,57,60)/b43-41+,51-49+. The van der Waals surface area contributed by atoms with Crippen LogP contribution in [0.2, 0.25) is 0 Å². The molecule has 0 fully saturated rings. The molecule has 0 aliphatic carbocycles. The Morgan fingerprint density at radius 2 is 0.650 bits per heavy atom. The summed E-state index contributed by atoms with van der Waals surface area (Å²) in [7, 11) is 0. The maximum absolute atomic E-state index is 12.4. The van der Waals surface area contributed by atoms with Crippen LogP contribution >= 0.6 is 0 Å². The minimum Gasteiger partial charge on any atom is -0.394 e. The van der Waals surface area contributed by atoms with Crippen molar-refractivity contribution < 1.29 is 15.0 Å². The molecule has 1 amide bonds. The van der Waals surface area contributed by atoms with Crippen molar-refractivity contribution in [3.05, 3.63) is 24.3 Å². The van der Waals surface area contributed by atoms with Crippen LogP contribution in [0.15, 0.2) is 24.3 Å². The third-order valence-corrected chi connectivity index (χ3v) is 12.9. The van der Waals surface area contributed by atoms with E-state index in [-0.39, 0.29) is 12.5 Å². The summed E-state index contributed by atoms with van der Waals surface area (Å²) in [4.78, 5) is 12.4. The van der Waals surface area contributed by atoms with Gasteiger partial charge >= 0.3 is 0 Å². The van der Waals surface area contributed by atoms with Gasteiger partial charge in [-0.15, -0.1) is 0 Å². The summed E-state index contributed by atoms with van der Waals surface area (Å²) >= 11 is 0. The van der Waals surface area contributed by atoms with Gasteiger partial charge in [0.1, 0.15) is 0 Å². The molecule has 4 heteroatoms. The second kappa shape index (κ2) is 52.2. The number of hydrogen-bond acceptors (Lipinski definition) is 3. The minimum atomic E-state index is -0.859. The lowest BCUT2D eigenvalue weighted by molar-refractivity contribution is -0.123. The van der Waals surface area contributed by atoms with Gasteiger partial charge in [-0.1, -0.05) is 295 Å². The van der Waals surface area contributed by atoms with Crippen LogP contribution in [0.1, 0.15) is 309 Å². The molecule has 60 heavy (non-hydrogen) atoms. The third-order valence-electron chi connectivity index (χ3n) is 12.9. The van der Waals surface area contributed by atoms with E-state index in [1.54, 1.807) is 6.08 Å². The largest absolute Gasteiger partial charge is 0.394 e. The quantitative estimate of drug-likeness (QED) is 0.0422. The van der Waals surface area contributed by atoms with E-state index in [4.69, 9.17) is 0 Å². The Labute approximate surface area is 377 Å². The van der Waals surface area contributed by atoms with Gasteiger partial charge in [0, 0.05) is 6.42 Å². The van der Waals surface area contributed by atoms with Gasteiger partial charge < -0.3 is 15.5 Å². The first-order valence-corrected chi connectivity index (χ1v) is 27.6. The summed E-state index contributed by atoms with van der Waals surface area (Å²) in [5.41, 5.74) is 0. The van der Waals surface area contributed by atoms with E-state index in [1.807, 2.05) is 6.08 Å². The number of allylic oxidation sites excluding steroid dienone is 3. The molecule has 3 N–H and O–H groups in total. The van der Waals surface area contributed by atoms with Gasteiger partial charge in [0.25, 0.3) is 0 Å². The molecular weight excluding hydrogens is 735 g/mol. The molecule has 0 aromatic heterocycles. The predicted octanol–water partition coefficient (Wildman–Crippen LogP) is 17.9. The molecule has 0 aromatic carbocycles. The molecule has 356 valence electrons. The lowest BCUT2D eigenvalue weighted by Gasteiger charge is -2.19. The number of nitrogens with one attached hydrogen (secondary N) is 1. The summed E-state index contributed by atoms with van der Waals surface area (Å²) < 4.78 is 0. The molecule has 0 saturated heterocycles. The Kier molecular flexibility index (Phi) is 51.2. The molecule has 0 radical (unpaired) electrons. The van der Waals surface area contributed by atoms with Crippen LogP contribution in [-0.4, -0.2) is 34.9 Å². The van der Waals surface area contributed by atoms with Gasteiger partial charge in [-0.3, -0.25) is 4.79 Å². The second-order valence-electron chi connectivity index (χ2n) is 19.0. The Bertz CT molecular complexity index is 871. The van der Waals surface area contributed by atoms with E-state index in [2.05, 4.69) is 31.3 Å². The van der Waals surface area contributed by atoms with Crippen LogP contribution < -0.4 is 5.32 Å². The van der Waals surface area contributed by atoms with Gasteiger partial charge in [-0.05, 0) is 32.1 Å². The third kappa shape index (κ3) is 47.9. The maximum atomic E-state index is 12.4. The fourth-order valence-corrected chi connectivity index (χ4v) is 8.73. The normalized spacial score (nSPS) is 12.9. The Hall–Kier alpha value is -1.13. The van der Waals surface area contributed by atoms with Crippen LogP contribution in [0.5, 0.6) is 0 Å². The van der Waals surface area contributed by atoms with Crippen molar-refractivity contribution in [2.24, 2.45) is 0 Å². The summed E-state index contributed by atoms with van der Waals surface area (Å²) in [5.74, 6) is -0.0672. The van der Waals surface area contributed by atoms with Crippen LogP contribution in [0.25, 0.3) is 0 Å². The van der Waals surface area contributed by atoms with Gasteiger partial charge in [-0.2, -0.15) is 0 Å². The van der Waals surface area contributed by atoms with E-state index in [0.717, 1.165) is 32.1 Å². The monoisotopic (exact) mass is 844 g/mol. The molecule has 0 spiro atoms. The molecule has 0 heterocycles. The number of aliphatic hydroxyl groups is 2. The van der Waals surface area contributed by atoms with Crippen molar-refractivity contribution in [3.63, 3.8) is 0 Å². The zero-order valence-corrected chi connectivity index (χ0v) is 41.0. The number of amides is 1.